The van der Waals surface area contributed by atoms with Gasteiger partial charge in [-0.2, -0.15) is 5.26 Å². The molecule has 1 aromatic carbocycles. The summed E-state index contributed by atoms with van der Waals surface area (Å²) in [6, 6.07) is 13.1. The van der Waals surface area contributed by atoms with E-state index < -0.39 is 0 Å². The lowest BCUT2D eigenvalue weighted by Gasteiger charge is -2.02. The fraction of sp³-hybridized carbons (Fsp3) is 0.0556. The smallest absolute Gasteiger partial charge is 0.265 e. The summed E-state index contributed by atoms with van der Waals surface area (Å²) >= 11 is 1.39. The molecule has 1 N–H and O–H groups in total. The minimum atomic E-state index is -0.161. The van der Waals surface area contributed by atoms with Crippen LogP contribution in [0.25, 0.3) is 10.4 Å². The van der Waals surface area contributed by atoms with Gasteiger partial charge in [0.25, 0.3) is 5.91 Å². The number of allylic oxidation sites excluding steroid dienone is 3. The van der Waals surface area contributed by atoms with E-state index in [1.165, 1.54) is 11.3 Å². The number of carbonyl (C=O) groups is 1. The van der Waals surface area contributed by atoms with Crippen LogP contribution in [0.2, 0.25) is 0 Å². The van der Waals surface area contributed by atoms with Gasteiger partial charge in [0.1, 0.15) is 0 Å². The second kappa shape index (κ2) is 7.87. The Bertz CT molecular complexity index is 825. The lowest BCUT2D eigenvalue weighted by atomic mass is 10.1. The van der Waals surface area contributed by atoms with E-state index in [0.717, 1.165) is 16.1 Å². The molecule has 0 bridgehead atoms. The average Bonchev–Trinajstić information content (AvgIpc) is 3.05. The maximum absolute atomic E-state index is 12.2. The number of rotatable bonds is 5. The summed E-state index contributed by atoms with van der Waals surface area (Å²) in [7, 11) is 0. The molecular weight excluding hydrogens is 306 g/mol. The Labute approximate surface area is 139 Å². The molecule has 0 saturated heterocycles. The number of hydrogen-bond donors (Lipinski definition) is 1. The zero-order valence-electron chi connectivity index (χ0n) is 12.6. The number of amides is 1. The van der Waals surface area contributed by atoms with E-state index in [1.54, 1.807) is 37.4 Å². The molecule has 0 aliphatic rings. The van der Waals surface area contributed by atoms with Gasteiger partial charge in [-0.3, -0.25) is 9.79 Å². The van der Waals surface area contributed by atoms with Crippen molar-refractivity contribution in [2.24, 2.45) is 4.99 Å². The molecule has 0 atom stereocenters. The highest BCUT2D eigenvalue weighted by Crippen LogP contribution is 2.28. The molecule has 0 unspecified atom stereocenters. The third kappa shape index (κ3) is 4.50. The van der Waals surface area contributed by atoms with E-state index in [9.17, 15) is 4.79 Å². The topological polar surface area (TPSA) is 65.2 Å². The van der Waals surface area contributed by atoms with Gasteiger partial charge in [0.15, 0.2) is 0 Å². The molecule has 4 nitrogen and oxygen atoms in total. The van der Waals surface area contributed by atoms with Crippen LogP contribution in [0.4, 0.5) is 0 Å². The average molecular weight is 321 g/mol. The number of aliphatic imine (C=N–C) groups is 1. The molecule has 114 valence electrons. The number of carbonyl (C=O) groups excluding carboxylic acids is 1. The van der Waals surface area contributed by atoms with Crippen LogP contribution >= 0.6 is 11.3 Å². The summed E-state index contributed by atoms with van der Waals surface area (Å²) < 4.78 is 0. The third-order valence-electron chi connectivity index (χ3n) is 2.95. The van der Waals surface area contributed by atoms with Crippen molar-refractivity contribution >= 4 is 24.0 Å². The molecule has 0 aliphatic heterocycles. The Morgan fingerprint density at radius 2 is 2.22 bits per heavy atom. The molecule has 0 saturated carbocycles. The molecule has 0 radical (unpaired) electrons. The number of nitrogens with one attached hydrogen (secondary N) is 1. The number of nitriles is 1. The van der Waals surface area contributed by atoms with Gasteiger partial charge in [-0.05, 0) is 55.6 Å². The molecule has 0 fully saturated rings. The maximum Gasteiger partial charge on any atom is 0.265 e. The van der Waals surface area contributed by atoms with E-state index in [-0.39, 0.29) is 5.91 Å². The molecule has 1 amide bonds. The zero-order valence-corrected chi connectivity index (χ0v) is 13.4. The standard InChI is InChI=1S/C18H15N3OS/c1-13(5-4-10-20-2)21-18(22)17-9-8-16(23-17)15-7-3-6-14(11-15)12-19/h3-11H,2H2,1H3,(H,21,22)/b10-4-,13-5+. The third-order valence-corrected chi connectivity index (χ3v) is 4.09. The van der Waals surface area contributed by atoms with Crippen LogP contribution in [0.3, 0.4) is 0 Å². The van der Waals surface area contributed by atoms with Crippen molar-refractivity contribution in [3.05, 3.63) is 70.9 Å². The predicted molar refractivity (Wildman–Crippen MR) is 94.4 cm³/mol. The Balaban J connectivity index is 2.14. The van der Waals surface area contributed by atoms with Gasteiger partial charge in [-0.25, -0.2) is 0 Å². The van der Waals surface area contributed by atoms with E-state index >= 15 is 0 Å². The summed E-state index contributed by atoms with van der Waals surface area (Å²) in [5.74, 6) is -0.161. The summed E-state index contributed by atoms with van der Waals surface area (Å²) in [5.41, 5.74) is 2.25. The predicted octanol–water partition coefficient (Wildman–Crippen LogP) is 4.13. The van der Waals surface area contributed by atoms with Crippen molar-refractivity contribution in [3.63, 3.8) is 0 Å². The molecule has 0 spiro atoms. The Morgan fingerprint density at radius 3 is 2.96 bits per heavy atom. The first-order valence-electron chi connectivity index (χ1n) is 6.85. The molecule has 2 rings (SSSR count). The van der Waals surface area contributed by atoms with Crippen molar-refractivity contribution in [1.82, 2.24) is 5.32 Å². The zero-order chi connectivity index (χ0) is 16.7. The highest BCUT2D eigenvalue weighted by molar-refractivity contribution is 7.17. The second-order valence-corrected chi connectivity index (χ2v) is 5.77. The number of hydrogen-bond acceptors (Lipinski definition) is 4. The molecule has 5 heteroatoms. The van der Waals surface area contributed by atoms with Crippen LogP contribution in [-0.4, -0.2) is 12.6 Å². The van der Waals surface area contributed by atoms with Gasteiger partial charge in [0.2, 0.25) is 0 Å². The first-order chi connectivity index (χ1) is 11.1. The van der Waals surface area contributed by atoms with Crippen LogP contribution in [-0.2, 0) is 0 Å². The van der Waals surface area contributed by atoms with E-state index in [2.05, 4.69) is 23.1 Å². The molecular formula is C18H15N3OS. The Hall–Kier alpha value is -2.97. The van der Waals surface area contributed by atoms with Gasteiger partial charge in [0, 0.05) is 16.8 Å². The lowest BCUT2D eigenvalue weighted by Crippen LogP contribution is -2.19. The van der Waals surface area contributed by atoms with Crippen LogP contribution in [0.15, 0.2) is 65.4 Å². The number of benzene rings is 1. The monoisotopic (exact) mass is 321 g/mol. The summed E-state index contributed by atoms with van der Waals surface area (Å²) in [6.07, 6.45) is 4.99. The molecule has 23 heavy (non-hydrogen) atoms. The summed E-state index contributed by atoms with van der Waals surface area (Å²) in [4.78, 5) is 17.3. The van der Waals surface area contributed by atoms with E-state index in [4.69, 9.17) is 5.26 Å². The minimum Gasteiger partial charge on any atom is -0.325 e. The van der Waals surface area contributed by atoms with Crippen molar-refractivity contribution in [3.8, 4) is 16.5 Å². The summed E-state index contributed by atoms with van der Waals surface area (Å²) in [5, 5.41) is 11.8. The van der Waals surface area contributed by atoms with Crippen molar-refractivity contribution < 1.29 is 4.79 Å². The van der Waals surface area contributed by atoms with Crippen molar-refractivity contribution in [2.75, 3.05) is 0 Å². The van der Waals surface area contributed by atoms with Gasteiger partial charge >= 0.3 is 0 Å². The molecule has 1 heterocycles. The van der Waals surface area contributed by atoms with Gasteiger partial charge in [-0.1, -0.05) is 12.1 Å². The Kier molecular flexibility index (Phi) is 5.61. The van der Waals surface area contributed by atoms with Crippen LogP contribution < -0.4 is 5.32 Å². The largest absolute Gasteiger partial charge is 0.325 e. The highest BCUT2D eigenvalue weighted by Gasteiger charge is 2.10. The quantitative estimate of drug-likeness (QED) is 0.664. The highest BCUT2D eigenvalue weighted by atomic mass is 32.1. The normalized spacial score (nSPS) is 11.2. The van der Waals surface area contributed by atoms with Crippen LogP contribution in [0.1, 0.15) is 22.2 Å². The van der Waals surface area contributed by atoms with Crippen molar-refractivity contribution in [1.29, 1.82) is 5.26 Å². The minimum absolute atomic E-state index is 0.161. The second-order valence-electron chi connectivity index (χ2n) is 4.68. The van der Waals surface area contributed by atoms with Gasteiger partial charge in [0.05, 0.1) is 16.5 Å². The number of nitrogens with zero attached hydrogens (tertiary/aromatic N) is 2. The maximum atomic E-state index is 12.2. The first kappa shape index (κ1) is 16.4. The fourth-order valence-corrected chi connectivity index (χ4v) is 2.79. The first-order valence-corrected chi connectivity index (χ1v) is 7.66. The lowest BCUT2D eigenvalue weighted by molar-refractivity contribution is 0.0970. The van der Waals surface area contributed by atoms with E-state index in [0.29, 0.717) is 10.4 Å². The van der Waals surface area contributed by atoms with Gasteiger partial charge in [-0.15, -0.1) is 11.3 Å². The SMILES string of the molecule is C=N/C=C\C=C(/C)NC(=O)c1ccc(-c2cccc(C#N)c2)s1. The summed E-state index contributed by atoms with van der Waals surface area (Å²) in [6.45, 7) is 5.14. The Morgan fingerprint density at radius 1 is 1.39 bits per heavy atom. The molecule has 1 aromatic heterocycles. The molecule has 2 aromatic rings. The molecule has 0 aliphatic carbocycles. The van der Waals surface area contributed by atoms with Crippen LogP contribution in [0.5, 0.6) is 0 Å². The van der Waals surface area contributed by atoms with Gasteiger partial charge < -0.3 is 5.32 Å². The fourth-order valence-electron chi connectivity index (χ4n) is 1.89. The number of thiophene rings is 1. The van der Waals surface area contributed by atoms with Crippen LogP contribution in [0, 0.1) is 11.3 Å². The van der Waals surface area contributed by atoms with Crippen molar-refractivity contribution in [2.45, 2.75) is 6.92 Å². The van der Waals surface area contributed by atoms with E-state index in [1.807, 2.05) is 24.3 Å².